The van der Waals surface area contributed by atoms with Crippen molar-refractivity contribution in [3.05, 3.63) is 38.3 Å². The number of thiophene rings is 1. The number of rotatable bonds is 6. The number of methoxy groups -OCH3 is 3. The molecule has 0 aliphatic carbocycles. The van der Waals surface area contributed by atoms with E-state index in [9.17, 15) is 4.79 Å². The second kappa shape index (κ2) is 8.22. The molecule has 9 heteroatoms. The third-order valence-electron chi connectivity index (χ3n) is 3.69. The number of hydrogen-bond donors (Lipinski definition) is 0. The average molecular weight is 413 g/mol. The number of halogens is 1. The lowest BCUT2D eigenvalue weighted by Crippen LogP contribution is -2.19. The SMILES string of the molecule is COCCn1c(=NC(=O)c2ccc(Cl)s2)sc2cc(OC)c(OC)cc21. The van der Waals surface area contributed by atoms with E-state index in [0.717, 1.165) is 10.2 Å². The van der Waals surface area contributed by atoms with Crippen molar-refractivity contribution in [2.45, 2.75) is 6.54 Å². The monoisotopic (exact) mass is 412 g/mol. The van der Waals surface area contributed by atoms with Crippen LogP contribution in [-0.2, 0) is 11.3 Å². The van der Waals surface area contributed by atoms with E-state index in [1.165, 1.54) is 22.7 Å². The molecule has 2 heterocycles. The summed E-state index contributed by atoms with van der Waals surface area (Å²) in [7, 11) is 4.81. The van der Waals surface area contributed by atoms with E-state index in [-0.39, 0.29) is 5.91 Å². The van der Waals surface area contributed by atoms with E-state index in [4.69, 9.17) is 25.8 Å². The Morgan fingerprint density at radius 3 is 2.50 bits per heavy atom. The molecular weight excluding hydrogens is 396 g/mol. The van der Waals surface area contributed by atoms with Crippen molar-refractivity contribution >= 4 is 50.4 Å². The number of amides is 1. The van der Waals surface area contributed by atoms with Crippen molar-refractivity contribution in [2.75, 3.05) is 27.9 Å². The van der Waals surface area contributed by atoms with Crippen molar-refractivity contribution < 1.29 is 19.0 Å². The van der Waals surface area contributed by atoms with Gasteiger partial charge in [0.2, 0.25) is 0 Å². The summed E-state index contributed by atoms with van der Waals surface area (Å²) in [6, 6.07) is 7.13. The summed E-state index contributed by atoms with van der Waals surface area (Å²) >= 11 is 8.54. The highest BCUT2D eigenvalue weighted by Crippen LogP contribution is 2.33. The predicted molar refractivity (Wildman–Crippen MR) is 104 cm³/mol. The van der Waals surface area contributed by atoms with Crippen LogP contribution in [0.5, 0.6) is 11.5 Å². The van der Waals surface area contributed by atoms with Crippen molar-refractivity contribution in [3.8, 4) is 11.5 Å². The minimum atomic E-state index is -0.321. The van der Waals surface area contributed by atoms with Crippen molar-refractivity contribution in [2.24, 2.45) is 4.99 Å². The molecule has 0 aliphatic heterocycles. The Kier molecular flexibility index (Phi) is 5.98. The van der Waals surface area contributed by atoms with Gasteiger partial charge in [-0.25, -0.2) is 0 Å². The maximum Gasteiger partial charge on any atom is 0.289 e. The Hall–Kier alpha value is -1.87. The topological polar surface area (TPSA) is 62.1 Å². The van der Waals surface area contributed by atoms with Crippen LogP contribution in [0, 0.1) is 0 Å². The summed E-state index contributed by atoms with van der Waals surface area (Å²) in [6.07, 6.45) is 0. The Bertz CT molecular complexity index is 1010. The maximum absolute atomic E-state index is 12.5. The molecule has 0 saturated heterocycles. The van der Waals surface area contributed by atoms with Crippen molar-refractivity contribution in [3.63, 3.8) is 0 Å². The standard InChI is InChI=1S/C17H17ClN2O4S2/c1-22-7-6-20-10-8-11(23-2)12(24-3)9-14(10)26-17(20)19-16(21)13-4-5-15(18)25-13/h4-5,8-9H,6-7H2,1-3H3. The number of thiazole rings is 1. The largest absolute Gasteiger partial charge is 0.493 e. The highest BCUT2D eigenvalue weighted by Gasteiger charge is 2.14. The molecule has 0 aliphatic rings. The second-order valence-electron chi connectivity index (χ2n) is 5.22. The minimum Gasteiger partial charge on any atom is -0.493 e. The van der Waals surface area contributed by atoms with Crippen LogP contribution in [-0.4, -0.2) is 38.4 Å². The zero-order valence-electron chi connectivity index (χ0n) is 14.4. The molecule has 3 rings (SSSR count). The normalized spacial score (nSPS) is 11.9. The van der Waals surface area contributed by atoms with Crippen LogP contribution in [0.2, 0.25) is 4.34 Å². The molecule has 0 unspecified atom stereocenters. The molecular formula is C17H17ClN2O4S2. The molecule has 138 valence electrons. The van der Waals surface area contributed by atoms with E-state index in [2.05, 4.69) is 4.99 Å². The molecule has 1 amide bonds. The summed E-state index contributed by atoms with van der Waals surface area (Å²) in [6.45, 7) is 1.05. The van der Waals surface area contributed by atoms with Gasteiger partial charge in [0, 0.05) is 25.8 Å². The molecule has 1 aromatic carbocycles. The quantitative estimate of drug-likeness (QED) is 0.617. The molecule has 26 heavy (non-hydrogen) atoms. The zero-order chi connectivity index (χ0) is 18.7. The summed E-state index contributed by atoms with van der Waals surface area (Å²) in [4.78, 5) is 17.9. The van der Waals surface area contributed by atoms with Gasteiger partial charge in [0.05, 0.1) is 40.3 Å². The van der Waals surface area contributed by atoms with Gasteiger partial charge in [0.15, 0.2) is 16.3 Å². The first-order chi connectivity index (χ1) is 12.6. The van der Waals surface area contributed by atoms with Crippen LogP contribution >= 0.6 is 34.3 Å². The summed E-state index contributed by atoms with van der Waals surface area (Å²) < 4.78 is 19.4. The van der Waals surface area contributed by atoms with Gasteiger partial charge in [-0.2, -0.15) is 4.99 Å². The van der Waals surface area contributed by atoms with Gasteiger partial charge in [0.1, 0.15) is 0 Å². The highest BCUT2D eigenvalue weighted by molar-refractivity contribution is 7.18. The maximum atomic E-state index is 12.5. The fourth-order valence-corrected chi connectivity index (χ4v) is 4.44. The number of ether oxygens (including phenoxy) is 3. The highest BCUT2D eigenvalue weighted by atomic mass is 35.5. The van der Waals surface area contributed by atoms with Crippen LogP contribution in [0.4, 0.5) is 0 Å². The van der Waals surface area contributed by atoms with Crippen LogP contribution in [0.25, 0.3) is 10.2 Å². The van der Waals surface area contributed by atoms with Gasteiger partial charge >= 0.3 is 0 Å². The van der Waals surface area contributed by atoms with Crippen LogP contribution in [0.15, 0.2) is 29.3 Å². The predicted octanol–water partition coefficient (Wildman–Crippen LogP) is 3.82. The summed E-state index contributed by atoms with van der Waals surface area (Å²) in [5, 5.41) is 0. The van der Waals surface area contributed by atoms with Gasteiger partial charge in [0.25, 0.3) is 5.91 Å². The Morgan fingerprint density at radius 2 is 1.88 bits per heavy atom. The average Bonchev–Trinajstić information content (AvgIpc) is 3.21. The lowest BCUT2D eigenvalue weighted by atomic mass is 10.3. The third-order valence-corrected chi connectivity index (χ3v) is 5.95. The van der Waals surface area contributed by atoms with E-state index in [1.807, 2.05) is 16.7 Å². The van der Waals surface area contributed by atoms with E-state index < -0.39 is 0 Å². The Morgan fingerprint density at radius 1 is 1.15 bits per heavy atom. The molecule has 0 fully saturated rings. The fraction of sp³-hybridized carbons (Fsp3) is 0.294. The van der Waals surface area contributed by atoms with E-state index in [1.54, 1.807) is 33.5 Å². The summed E-state index contributed by atoms with van der Waals surface area (Å²) in [5.74, 6) is 0.925. The number of aromatic nitrogens is 1. The van der Waals surface area contributed by atoms with Gasteiger partial charge in [-0.05, 0) is 12.1 Å². The van der Waals surface area contributed by atoms with Gasteiger partial charge in [-0.1, -0.05) is 22.9 Å². The number of carbonyl (C=O) groups is 1. The first-order valence-corrected chi connectivity index (χ1v) is 9.67. The molecule has 0 bridgehead atoms. The van der Waals surface area contributed by atoms with Crippen LogP contribution < -0.4 is 14.3 Å². The zero-order valence-corrected chi connectivity index (χ0v) is 16.8. The molecule has 0 spiro atoms. The van der Waals surface area contributed by atoms with Gasteiger partial charge in [-0.15, -0.1) is 11.3 Å². The third kappa shape index (κ3) is 3.78. The van der Waals surface area contributed by atoms with Crippen molar-refractivity contribution in [1.82, 2.24) is 4.57 Å². The smallest absolute Gasteiger partial charge is 0.289 e. The molecule has 0 atom stereocenters. The van der Waals surface area contributed by atoms with Crippen LogP contribution in [0.1, 0.15) is 9.67 Å². The molecule has 3 aromatic rings. The summed E-state index contributed by atoms with van der Waals surface area (Å²) in [5.41, 5.74) is 0.903. The number of carbonyl (C=O) groups excluding carboxylic acids is 1. The number of benzene rings is 1. The van der Waals surface area contributed by atoms with E-state index in [0.29, 0.717) is 38.7 Å². The van der Waals surface area contributed by atoms with Gasteiger partial charge < -0.3 is 18.8 Å². The molecule has 0 saturated carbocycles. The second-order valence-corrected chi connectivity index (χ2v) is 7.95. The van der Waals surface area contributed by atoms with Gasteiger partial charge in [-0.3, -0.25) is 4.79 Å². The molecule has 2 aromatic heterocycles. The molecule has 6 nitrogen and oxygen atoms in total. The van der Waals surface area contributed by atoms with Crippen molar-refractivity contribution in [1.29, 1.82) is 0 Å². The Balaban J connectivity index is 2.16. The fourth-order valence-electron chi connectivity index (χ4n) is 2.45. The number of nitrogens with zero attached hydrogens (tertiary/aromatic N) is 2. The lowest BCUT2D eigenvalue weighted by molar-refractivity contribution is 0.100. The number of fused-ring (bicyclic) bond motifs is 1. The molecule has 0 radical (unpaired) electrons. The number of hydrogen-bond acceptors (Lipinski definition) is 6. The first kappa shape index (κ1) is 18.9. The first-order valence-electron chi connectivity index (χ1n) is 7.66. The van der Waals surface area contributed by atoms with E-state index >= 15 is 0 Å². The van der Waals surface area contributed by atoms with Crippen LogP contribution in [0.3, 0.4) is 0 Å². The minimum absolute atomic E-state index is 0.321. The Labute approximate surface area is 163 Å². The lowest BCUT2D eigenvalue weighted by Gasteiger charge is -2.09. The molecule has 0 N–H and O–H groups in total.